The zero-order valence-electron chi connectivity index (χ0n) is 12.1. The van der Waals surface area contributed by atoms with Crippen molar-refractivity contribution in [3.8, 4) is 0 Å². The van der Waals surface area contributed by atoms with Crippen LogP contribution >= 0.6 is 28.1 Å². The molecule has 1 saturated heterocycles. The summed E-state index contributed by atoms with van der Waals surface area (Å²) in [6, 6.07) is 7.37. The van der Waals surface area contributed by atoms with Gasteiger partial charge in [0.15, 0.2) is 5.11 Å². The first-order valence-corrected chi connectivity index (χ1v) is 7.90. The Morgan fingerprint density at radius 2 is 2.23 bits per heavy atom. The fraction of sp³-hybridized carbons (Fsp3) is 0.333. The number of ether oxygens (including phenoxy) is 2. The minimum atomic E-state index is -0.571. The second-order valence-electron chi connectivity index (χ2n) is 4.79. The van der Waals surface area contributed by atoms with Crippen molar-refractivity contribution in [1.82, 2.24) is 10.6 Å². The first kappa shape index (κ1) is 16.9. The molecule has 1 heterocycles. The highest BCUT2D eigenvalue weighted by molar-refractivity contribution is 9.10. The molecule has 0 spiro atoms. The number of thiocarbonyl (C=S) groups is 1. The molecule has 5 nitrogen and oxygen atoms in total. The van der Waals surface area contributed by atoms with E-state index in [0.29, 0.717) is 17.4 Å². The zero-order valence-corrected chi connectivity index (χ0v) is 14.5. The maximum absolute atomic E-state index is 12.4. The third-order valence-electron chi connectivity index (χ3n) is 3.26. The molecule has 0 bridgehead atoms. The predicted octanol–water partition coefficient (Wildman–Crippen LogP) is 2.29. The second-order valence-corrected chi connectivity index (χ2v) is 6.12. The predicted molar refractivity (Wildman–Crippen MR) is 91.2 cm³/mol. The van der Waals surface area contributed by atoms with Crippen LogP contribution in [0.15, 0.2) is 41.0 Å². The van der Waals surface area contributed by atoms with E-state index < -0.39 is 5.92 Å². The van der Waals surface area contributed by atoms with Gasteiger partial charge in [-0.2, -0.15) is 0 Å². The Morgan fingerprint density at radius 1 is 1.45 bits per heavy atom. The van der Waals surface area contributed by atoms with Gasteiger partial charge < -0.3 is 20.1 Å². The van der Waals surface area contributed by atoms with E-state index in [1.54, 1.807) is 7.11 Å². The van der Waals surface area contributed by atoms with Crippen molar-refractivity contribution in [1.29, 1.82) is 0 Å². The molecular weight excluding hydrogens is 368 g/mol. The van der Waals surface area contributed by atoms with E-state index >= 15 is 0 Å². The number of methoxy groups -OCH3 is 1. The molecule has 1 aromatic rings. The first-order valence-electron chi connectivity index (χ1n) is 6.70. The van der Waals surface area contributed by atoms with E-state index in [9.17, 15) is 4.79 Å². The third-order valence-corrected chi connectivity index (χ3v) is 3.98. The quantitative estimate of drug-likeness (QED) is 0.461. The minimum absolute atomic E-state index is 0.203. The van der Waals surface area contributed by atoms with Gasteiger partial charge in [0.2, 0.25) is 0 Å². The number of hydrogen-bond donors (Lipinski definition) is 2. The SMILES string of the molecule is C=C1NC(=S)N[C@H](c2cccc(Br)c2)[C@H]1C(=O)OCCOC. The van der Waals surface area contributed by atoms with Crippen LogP contribution in [0.5, 0.6) is 0 Å². The summed E-state index contributed by atoms with van der Waals surface area (Å²) in [5.74, 6) is -0.938. The third kappa shape index (κ3) is 4.06. The van der Waals surface area contributed by atoms with Gasteiger partial charge in [-0.05, 0) is 29.9 Å². The summed E-state index contributed by atoms with van der Waals surface area (Å²) in [6.45, 7) is 4.47. The second kappa shape index (κ2) is 7.71. The average Bonchev–Trinajstić information content (AvgIpc) is 2.46. The maximum atomic E-state index is 12.4. The molecule has 2 rings (SSSR count). The van der Waals surface area contributed by atoms with E-state index in [-0.39, 0.29) is 18.6 Å². The highest BCUT2D eigenvalue weighted by Gasteiger charge is 2.37. The van der Waals surface area contributed by atoms with Crippen molar-refractivity contribution in [3.05, 3.63) is 46.6 Å². The Bertz CT molecular complexity index is 594. The Morgan fingerprint density at radius 3 is 2.91 bits per heavy atom. The topological polar surface area (TPSA) is 59.6 Å². The molecule has 22 heavy (non-hydrogen) atoms. The lowest BCUT2D eigenvalue weighted by Gasteiger charge is -2.34. The van der Waals surface area contributed by atoms with Gasteiger partial charge in [0.05, 0.1) is 12.6 Å². The van der Waals surface area contributed by atoms with E-state index in [4.69, 9.17) is 21.7 Å². The number of benzene rings is 1. The Kier molecular flexibility index (Phi) is 5.93. The lowest BCUT2D eigenvalue weighted by molar-refractivity contribution is -0.149. The Balaban J connectivity index is 2.24. The summed E-state index contributed by atoms with van der Waals surface area (Å²) in [5, 5.41) is 6.46. The number of halogens is 1. The fourth-order valence-electron chi connectivity index (χ4n) is 2.25. The summed E-state index contributed by atoms with van der Waals surface area (Å²) >= 11 is 8.61. The van der Waals surface area contributed by atoms with Crippen molar-refractivity contribution >= 4 is 39.2 Å². The maximum Gasteiger partial charge on any atom is 0.317 e. The van der Waals surface area contributed by atoms with Crippen molar-refractivity contribution < 1.29 is 14.3 Å². The monoisotopic (exact) mass is 384 g/mol. The molecule has 1 aliphatic heterocycles. The van der Waals surface area contributed by atoms with Gasteiger partial charge in [-0.1, -0.05) is 34.6 Å². The zero-order chi connectivity index (χ0) is 16.1. The van der Waals surface area contributed by atoms with E-state index in [0.717, 1.165) is 10.0 Å². The Labute approximate surface area is 143 Å². The van der Waals surface area contributed by atoms with Crippen molar-refractivity contribution in [3.63, 3.8) is 0 Å². The van der Waals surface area contributed by atoms with E-state index in [1.165, 1.54) is 0 Å². The molecule has 2 atom stereocenters. The van der Waals surface area contributed by atoms with Crippen LogP contribution < -0.4 is 10.6 Å². The smallest absolute Gasteiger partial charge is 0.317 e. The molecule has 2 N–H and O–H groups in total. The van der Waals surface area contributed by atoms with Gasteiger partial charge in [-0.3, -0.25) is 4.79 Å². The summed E-state index contributed by atoms with van der Waals surface area (Å²) in [6.07, 6.45) is 0. The van der Waals surface area contributed by atoms with Crippen LogP contribution in [0.25, 0.3) is 0 Å². The van der Waals surface area contributed by atoms with Crippen LogP contribution in [0.1, 0.15) is 11.6 Å². The van der Waals surface area contributed by atoms with Gasteiger partial charge in [-0.15, -0.1) is 0 Å². The number of carbonyl (C=O) groups excluding carboxylic acids is 1. The fourth-order valence-corrected chi connectivity index (χ4v) is 2.93. The molecule has 0 saturated carbocycles. The molecule has 0 aromatic heterocycles. The molecular formula is C15H17BrN2O3S. The van der Waals surface area contributed by atoms with E-state index in [1.807, 2.05) is 24.3 Å². The average molecular weight is 385 g/mol. The molecule has 0 amide bonds. The molecule has 7 heteroatoms. The molecule has 118 valence electrons. The number of esters is 1. The van der Waals surface area contributed by atoms with Gasteiger partial charge in [0.25, 0.3) is 0 Å². The van der Waals surface area contributed by atoms with Crippen molar-refractivity contribution in [2.45, 2.75) is 6.04 Å². The lowest BCUT2D eigenvalue weighted by atomic mass is 9.89. The molecule has 1 aromatic carbocycles. The number of hydrogen-bond acceptors (Lipinski definition) is 4. The van der Waals surface area contributed by atoms with Crippen molar-refractivity contribution in [2.75, 3.05) is 20.3 Å². The standard InChI is InChI=1S/C15H17BrN2O3S/c1-9-12(14(19)21-7-6-20-2)13(18-15(22)17-9)10-4-3-5-11(16)8-10/h3-5,8,12-13H,1,6-7H2,2H3,(H2,17,18,22)/t12-,13+/m0/s1. The van der Waals surface area contributed by atoms with Gasteiger partial charge in [0, 0.05) is 17.3 Å². The van der Waals surface area contributed by atoms with Crippen LogP contribution in [0, 0.1) is 5.92 Å². The normalized spacial score (nSPS) is 21.0. The highest BCUT2D eigenvalue weighted by atomic mass is 79.9. The largest absolute Gasteiger partial charge is 0.463 e. The molecule has 1 fully saturated rings. The number of nitrogens with one attached hydrogen (secondary N) is 2. The summed E-state index contributed by atoms with van der Waals surface area (Å²) in [5.41, 5.74) is 1.45. The molecule has 0 unspecified atom stereocenters. The summed E-state index contributed by atoms with van der Waals surface area (Å²) in [7, 11) is 1.55. The minimum Gasteiger partial charge on any atom is -0.463 e. The number of rotatable bonds is 5. The van der Waals surface area contributed by atoms with E-state index in [2.05, 4.69) is 33.1 Å². The van der Waals surface area contributed by atoms with Crippen molar-refractivity contribution in [2.24, 2.45) is 5.92 Å². The highest BCUT2D eigenvalue weighted by Crippen LogP contribution is 2.31. The van der Waals surface area contributed by atoms with Crippen LogP contribution in [-0.4, -0.2) is 31.4 Å². The van der Waals surface area contributed by atoms with Crippen LogP contribution in [-0.2, 0) is 14.3 Å². The van der Waals surface area contributed by atoms with Gasteiger partial charge >= 0.3 is 5.97 Å². The molecule has 0 aliphatic carbocycles. The molecule has 1 aliphatic rings. The summed E-state index contributed by atoms with van der Waals surface area (Å²) in [4.78, 5) is 12.4. The Hall–Kier alpha value is -1.44. The van der Waals surface area contributed by atoms with Gasteiger partial charge in [0.1, 0.15) is 12.5 Å². The molecule has 0 radical (unpaired) electrons. The lowest BCUT2D eigenvalue weighted by Crippen LogP contribution is -2.51. The van der Waals surface area contributed by atoms with Crippen LogP contribution in [0.3, 0.4) is 0 Å². The number of carbonyl (C=O) groups is 1. The van der Waals surface area contributed by atoms with Crippen LogP contribution in [0.4, 0.5) is 0 Å². The summed E-state index contributed by atoms with van der Waals surface area (Å²) < 4.78 is 11.1. The van der Waals surface area contributed by atoms with Gasteiger partial charge in [-0.25, -0.2) is 0 Å². The first-order chi connectivity index (χ1) is 10.5. The van der Waals surface area contributed by atoms with Crippen LogP contribution in [0.2, 0.25) is 0 Å².